The summed E-state index contributed by atoms with van der Waals surface area (Å²) < 4.78 is 5.83. The highest BCUT2D eigenvalue weighted by atomic mass is 32.1. The van der Waals surface area contributed by atoms with Crippen molar-refractivity contribution in [3.63, 3.8) is 0 Å². The van der Waals surface area contributed by atoms with Gasteiger partial charge >= 0.3 is 11.6 Å². The quantitative estimate of drug-likeness (QED) is 0.0795. The molecule has 0 amide bonds. The van der Waals surface area contributed by atoms with Crippen molar-refractivity contribution in [1.29, 1.82) is 5.26 Å². The van der Waals surface area contributed by atoms with Gasteiger partial charge in [0.1, 0.15) is 17.2 Å². The van der Waals surface area contributed by atoms with Crippen molar-refractivity contribution in [3.05, 3.63) is 128 Å². The molecule has 1 aliphatic heterocycles. The average Bonchev–Trinajstić information content (AvgIpc) is 3.94. The summed E-state index contributed by atoms with van der Waals surface area (Å²) in [7, 11) is 4.05. The topological polar surface area (TPSA) is 113 Å². The molecular formula is C42H37N5O4S2. The van der Waals surface area contributed by atoms with Crippen molar-refractivity contribution in [2.45, 2.75) is 26.3 Å². The molecule has 0 bridgehead atoms. The van der Waals surface area contributed by atoms with E-state index in [2.05, 4.69) is 71.1 Å². The summed E-state index contributed by atoms with van der Waals surface area (Å²) in [5.41, 5.74) is 6.30. The first-order chi connectivity index (χ1) is 25.6. The van der Waals surface area contributed by atoms with Gasteiger partial charge in [-0.1, -0.05) is 24.3 Å². The SMILES string of the molecule is CCN(CC)c1ccc2cc(-c3ccc(N4N=C(c5ccc(-c6ccc(C=C(C#N)C(=O)O)s6)s5)CC4c4ccc(N(C)C)cc4)cc3)c(=O)oc2c1. The van der Waals surface area contributed by atoms with Gasteiger partial charge in [-0.05, 0) is 97.8 Å². The number of carboxylic acid groups (broad SMARTS) is 1. The lowest BCUT2D eigenvalue weighted by atomic mass is 10.00. The Morgan fingerprint density at radius 3 is 2.28 bits per heavy atom. The zero-order chi connectivity index (χ0) is 37.2. The summed E-state index contributed by atoms with van der Waals surface area (Å²) >= 11 is 3.07. The van der Waals surface area contributed by atoms with E-state index in [1.807, 2.05) is 68.7 Å². The second-order valence-corrected chi connectivity index (χ2v) is 15.0. The Bertz CT molecular complexity index is 2460. The third-order valence-corrected chi connectivity index (χ3v) is 11.8. The average molecular weight is 740 g/mol. The molecule has 1 aliphatic rings. The van der Waals surface area contributed by atoms with Gasteiger partial charge in [-0.3, -0.25) is 5.01 Å². The number of anilines is 3. The summed E-state index contributed by atoms with van der Waals surface area (Å²) in [5.74, 6) is -1.24. The van der Waals surface area contributed by atoms with Crippen LogP contribution in [-0.2, 0) is 4.79 Å². The number of carbonyl (C=O) groups is 1. The number of benzene rings is 3. The molecule has 1 N–H and O–H groups in total. The predicted octanol–water partition coefficient (Wildman–Crippen LogP) is 9.51. The van der Waals surface area contributed by atoms with E-state index >= 15 is 0 Å². The van der Waals surface area contributed by atoms with E-state index < -0.39 is 5.97 Å². The molecule has 0 radical (unpaired) electrons. The highest BCUT2D eigenvalue weighted by molar-refractivity contribution is 7.23. The van der Waals surface area contributed by atoms with Crippen molar-refractivity contribution in [3.8, 4) is 27.0 Å². The number of hydrogen-bond donors (Lipinski definition) is 1. The number of hydrogen-bond acceptors (Lipinski definition) is 10. The van der Waals surface area contributed by atoms with Crippen LogP contribution in [0.5, 0.6) is 0 Å². The first kappa shape index (κ1) is 35.4. The Labute approximate surface area is 315 Å². The van der Waals surface area contributed by atoms with Crippen LogP contribution in [0.15, 0.2) is 117 Å². The molecule has 3 aromatic carbocycles. The van der Waals surface area contributed by atoms with Crippen LogP contribution in [-0.4, -0.2) is 44.0 Å². The van der Waals surface area contributed by atoms with Crippen LogP contribution in [0.1, 0.15) is 41.6 Å². The first-order valence-corrected chi connectivity index (χ1v) is 18.9. The van der Waals surface area contributed by atoms with E-state index in [9.17, 15) is 14.7 Å². The molecule has 53 heavy (non-hydrogen) atoms. The van der Waals surface area contributed by atoms with Crippen LogP contribution in [0.25, 0.3) is 37.9 Å². The third kappa shape index (κ3) is 7.24. The molecule has 266 valence electrons. The number of carboxylic acids is 1. The first-order valence-electron chi connectivity index (χ1n) is 17.3. The van der Waals surface area contributed by atoms with Crippen molar-refractivity contribution in [2.24, 2.45) is 5.10 Å². The molecule has 0 fully saturated rings. The van der Waals surface area contributed by atoms with E-state index in [-0.39, 0.29) is 17.2 Å². The largest absolute Gasteiger partial charge is 0.477 e. The molecule has 0 saturated carbocycles. The van der Waals surface area contributed by atoms with Crippen LogP contribution in [0.4, 0.5) is 17.1 Å². The molecule has 7 rings (SSSR count). The summed E-state index contributed by atoms with van der Waals surface area (Å²) in [6.45, 7) is 5.95. The van der Waals surface area contributed by atoms with Crippen molar-refractivity contribution in [1.82, 2.24) is 0 Å². The van der Waals surface area contributed by atoms with Gasteiger partial charge in [-0.15, -0.1) is 22.7 Å². The maximum Gasteiger partial charge on any atom is 0.346 e. The fourth-order valence-electron chi connectivity index (χ4n) is 6.50. The van der Waals surface area contributed by atoms with Crippen LogP contribution < -0.4 is 20.4 Å². The molecule has 6 aromatic rings. The monoisotopic (exact) mass is 739 g/mol. The second kappa shape index (κ2) is 14.9. The lowest BCUT2D eigenvalue weighted by Crippen LogP contribution is -2.21. The molecule has 11 heteroatoms. The third-order valence-electron chi connectivity index (χ3n) is 9.39. The summed E-state index contributed by atoms with van der Waals surface area (Å²) in [5, 5.41) is 26.5. The van der Waals surface area contributed by atoms with Gasteiger partial charge < -0.3 is 19.3 Å². The fourth-order valence-corrected chi connectivity index (χ4v) is 8.55. The molecular weight excluding hydrogens is 703 g/mol. The van der Waals surface area contributed by atoms with Gasteiger partial charge in [0.2, 0.25) is 0 Å². The van der Waals surface area contributed by atoms with Crippen LogP contribution in [0.2, 0.25) is 0 Å². The molecule has 0 aliphatic carbocycles. The van der Waals surface area contributed by atoms with E-state index in [4.69, 9.17) is 14.8 Å². The van der Waals surface area contributed by atoms with Crippen molar-refractivity contribution in [2.75, 3.05) is 42.0 Å². The number of nitriles is 1. The van der Waals surface area contributed by atoms with Crippen LogP contribution in [0.3, 0.4) is 0 Å². The van der Waals surface area contributed by atoms with Crippen molar-refractivity contribution >= 4 is 68.5 Å². The number of rotatable bonds is 11. The van der Waals surface area contributed by atoms with Crippen LogP contribution >= 0.6 is 22.7 Å². The molecule has 1 atom stereocenters. The molecule has 4 heterocycles. The zero-order valence-corrected chi connectivity index (χ0v) is 31.4. The Morgan fingerprint density at radius 1 is 0.925 bits per heavy atom. The van der Waals surface area contributed by atoms with E-state index in [0.29, 0.717) is 22.4 Å². The van der Waals surface area contributed by atoms with E-state index in [1.165, 1.54) is 17.4 Å². The summed E-state index contributed by atoms with van der Waals surface area (Å²) in [6, 6.07) is 34.0. The summed E-state index contributed by atoms with van der Waals surface area (Å²) in [4.78, 5) is 32.6. The van der Waals surface area contributed by atoms with Gasteiger partial charge in [-0.2, -0.15) is 10.4 Å². The molecule has 0 spiro atoms. The standard InChI is InChI=1S/C42H37N5O4S2/c1-5-46(6-2)32-16-11-28-22-34(42(50)51-37(28)23-32)26-7-14-31(15-8-26)47-36(27-9-12-30(13-10-27)45(3)4)24-35(44-47)38-19-20-40(53-38)39-18-17-33(52-39)21-29(25-43)41(48)49/h7-23,36H,5-6,24H2,1-4H3,(H,48,49). The Hall–Kier alpha value is -5.96. The maximum atomic E-state index is 13.2. The number of nitrogens with zero attached hydrogens (tertiary/aromatic N) is 5. The normalized spacial score (nSPS) is 14.3. The minimum Gasteiger partial charge on any atom is -0.477 e. The van der Waals surface area contributed by atoms with Crippen molar-refractivity contribution < 1.29 is 14.3 Å². The van der Waals surface area contributed by atoms with Gasteiger partial charge in [0.05, 0.1) is 27.9 Å². The molecule has 0 saturated heterocycles. The fraction of sp³-hybridized carbons (Fsp3) is 0.190. The van der Waals surface area contributed by atoms with Gasteiger partial charge in [0.15, 0.2) is 0 Å². The minimum atomic E-state index is -1.24. The van der Waals surface area contributed by atoms with Crippen LogP contribution in [0, 0.1) is 11.3 Å². The van der Waals surface area contributed by atoms with Gasteiger partial charge in [-0.25, -0.2) is 9.59 Å². The zero-order valence-electron chi connectivity index (χ0n) is 29.7. The highest BCUT2D eigenvalue weighted by Gasteiger charge is 2.31. The maximum absolute atomic E-state index is 13.2. The van der Waals surface area contributed by atoms with Gasteiger partial charge in [0.25, 0.3) is 0 Å². The lowest BCUT2D eigenvalue weighted by molar-refractivity contribution is -0.132. The molecule has 9 nitrogen and oxygen atoms in total. The minimum absolute atomic E-state index is 0.0535. The highest BCUT2D eigenvalue weighted by Crippen LogP contribution is 2.41. The predicted molar refractivity (Wildman–Crippen MR) is 217 cm³/mol. The number of thiophene rings is 2. The molecule has 3 aromatic heterocycles. The molecule has 1 unspecified atom stereocenters. The Balaban J connectivity index is 1.20. The number of fused-ring (bicyclic) bond motifs is 1. The number of aliphatic carboxylic acids is 1. The lowest BCUT2D eigenvalue weighted by Gasteiger charge is -2.25. The van der Waals surface area contributed by atoms with E-state index in [1.54, 1.807) is 17.4 Å². The second-order valence-electron chi connectivity index (χ2n) is 12.8. The number of hydrazone groups is 1. The van der Waals surface area contributed by atoms with E-state index in [0.717, 1.165) is 67.0 Å². The summed E-state index contributed by atoms with van der Waals surface area (Å²) in [6.07, 6.45) is 2.09. The Morgan fingerprint density at radius 2 is 1.60 bits per heavy atom. The smallest absolute Gasteiger partial charge is 0.346 e. The Kier molecular flexibility index (Phi) is 10.00. The van der Waals surface area contributed by atoms with Gasteiger partial charge in [0, 0.05) is 71.1 Å².